The zero-order valence-electron chi connectivity index (χ0n) is 13.0. The van der Waals surface area contributed by atoms with Crippen LogP contribution in [0.3, 0.4) is 0 Å². The van der Waals surface area contributed by atoms with Crippen LogP contribution >= 0.6 is 0 Å². The molecule has 0 heterocycles. The summed E-state index contributed by atoms with van der Waals surface area (Å²) in [6.07, 6.45) is 14.6. The van der Waals surface area contributed by atoms with Crippen molar-refractivity contribution in [2.75, 3.05) is 0 Å². The molecule has 0 atom stereocenters. The van der Waals surface area contributed by atoms with E-state index < -0.39 is 0 Å². The fraction of sp³-hybridized carbons (Fsp3) is 0.824. The molecule has 0 rings (SSSR count). The molecule has 0 spiro atoms. The van der Waals surface area contributed by atoms with Gasteiger partial charge >= 0.3 is 5.97 Å². The largest absolute Gasteiger partial charge is 0.435 e. The number of carbonyl (C=O) groups excluding carboxylic acids is 1. The van der Waals surface area contributed by atoms with E-state index in [1.807, 2.05) is 0 Å². The van der Waals surface area contributed by atoms with Gasteiger partial charge in [0.05, 0.1) is 6.26 Å². The van der Waals surface area contributed by atoms with Crippen LogP contribution in [0.2, 0.25) is 0 Å². The van der Waals surface area contributed by atoms with Gasteiger partial charge in [-0.05, 0) is 12.3 Å². The molecule has 0 aromatic rings. The Kier molecular flexibility index (Phi) is 13.1. The number of hydrogen-bond acceptors (Lipinski definition) is 2. The Morgan fingerprint density at radius 2 is 1.42 bits per heavy atom. The fourth-order valence-electron chi connectivity index (χ4n) is 2.21. The van der Waals surface area contributed by atoms with Crippen LogP contribution in [0, 0.1) is 5.92 Å². The molecule has 112 valence electrons. The number of unbranched alkanes of at least 4 members (excludes halogenated alkanes) is 8. The molecule has 0 aromatic heterocycles. The van der Waals surface area contributed by atoms with Gasteiger partial charge in [0.15, 0.2) is 0 Å². The van der Waals surface area contributed by atoms with Crippen molar-refractivity contribution in [2.45, 2.75) is 84.5 Å². The first-order valence-corrected chi connectivity index (χ1v) is 7.97. The van der Waals surface area contributed by atoms with Gasteiger partial charge in [0.2, 0.25) is 0 Å². The maximum atomic E-state index is 11.0. The lowest BCUT2D eigenvalue weighted by atomic mass is 10.0. The second-order valence-electron chi connectivity index (χ2n) is 5.77. The minimum absolute atomic E-state index is 0.153. The zero-order chi connectivity index (χ0) is 14.3. The smallest absolute Gasteiger partial charge is 0.310 e. The van der Waals surface area contributed by atoms with Gasteiger partial charge in [-0.1, -0.05) is 78.2 Å². The van der Waals surface area contributed by atoms with E-state index in [-0.39, 0.29) is 5.97 Å². The Labute approximate surface area is 119 Å². The third kappa shape index (κ3) is 15.2. The predicted octanol–water partition coefficient (Wildman–Crippen LogP) is 5.62. The molecule has 0 aromatic carbocycles. The maximum absolute atomic E-state index is 11.0. The first-order valence-electron chi connectivity index (χ1n) is 7.97. The molecule has 0 fully saturated rings. The normalized spacial score (nSPS) is 10.7. The van der Waals surface area contributed by atoms with Crippen molar-refractivity contribution in [1.82, 2.24) is 0 Å². The summed E-state index contributed by atoms with van der Waals surface area (Å²) in [5, 5.41) is 0. The first kappa shape index (κ1) is 18.2. The van der Waals surface area contributed by atoms with Gasteiger partial charge in [0.25, 0.3) is 0 Å². The van der Waals surface area contributed by atoms with Crippen LogP contribution in [0.4, 0.5) is 0 Å². The Bertz CT molecular complexity index is 221. The van der Waals surface area contributed by atoms with E-state index in [1.165, 1.54) is 57.6 Å². The summed E-state index contributed by atoms with van der Waals surface area (Å²) >= 11 is 0. The molecule has 0 saturated heterocycles. The highest BCUT2D eigenvalue weighted by Crippen LogP contribution is 2.13. The molecular formula is C17H32O2. The van der Waals surface area contributed by atoms with Crippen LogP contribution in [-0.4, -0.2) is 5.97 Å². The molecule has 0 radical (unpaired) electrons. The number of hydrogen-bond donors (Lipinski definition) is 0. The summed E-state index contributed by atoms with van der Waals surface area (Å²) in [5.41, 5.74) is 0. The number of carbonyl (C=O) groups is 1. The molecule has 0 saturated carbocycles. The van der Waals surface area contributed by atoms with E-state index in [0.29, 0.717) is 6.42 Å². The van der Waals surface area contributed by atoms with Gasteiger partial charge in [-0.3, -0.25) is 4.79 Å². The van der Waals surface area contributed by atoms with Crippen molar-refractivity contribution in [3.63, 3.8) is 0 Å². The monoisotopic (exact) mass is 268 g/mol. The van der Waals surface area contributed by atoms with Gasteiger partial charge in [-0.25, -0.2) is 0 Å². The molecule has 0 aliphatic carbocycles. The molecule has 2 nitrogen and oxygen atoms in total. The Morgan fingerprint density at radius 1 is 0.947 bits per heavy atom. The van der Waals surface area contributed by atoms with E-state index in [0.717, 1.165) is 18.8 Å². The average molecular weight is 268 g/mol. The highest BCUT2D eigenvalue weighted by molar-refractivity contribution is 5.69. The van der Waals surface area contributed by atoms with Crippen molar-refractivity contribution in [2.24, 2.45) is 5.92 Å². The quantitative estimate of drug-likeness (QED) is 0.246. The lowest BCUT2D eigenvalue weighted by Crippen LogP contribution is -1.98. The first-order chi connectivity index (χ1) is 9.16. The summed E-state index contributed by atoms with van der Waals surface area (Å²) in [6, 6.07) is 0. The summed E-state index contributed by atoms with van der Waals surface area (Å²) in [5.74, 6) is 0.702. The fourth-order valence-corrected chi connectivity index (χ4v) is 2.21. The molecule has 0 aliphatic heterocycles. The molecule has 0 N–H and O–H groups in total. The van der Waals surface area contributed by atoms with Crippen LogP contribution in [0.1, 0.15) is 84.5 Å². The van der Waals surface area contributed by atoms with E-state index in [1.54, 1.807) is 0 Å². The lowest BCUT2D eigenvalue weighted by Gasteiger charge is -2.04. The van der Waals surface area contributed by atoms with Crippen molar-refractivity contribution in [3.8, 4) is 0 Å². The summed E-state index contributed by atoms with van der Waals surface area (Å²) in [4.78, 5) is 11.0. The standard InChI is InChI=1S/C17H32O2/c1-4-19-17(18)15-13-11-9-7-5-6-8-10-12-14-16(2)3/h4,16H,1,5-15H2,2-3H3. The highest BCUT2D eigenvalue weighted by Gasteiger charge is 2.00. The van der Waals surface area contributed by atoms with Gasteiger partial charge in [-0.15, -0.1) is 0 Å². The van der Waals surface area contributed by atoms with Crippen LogP contribution < -0.4 is 0 Å². The molecule has 0 bridgehead atoms. The molecular weight excluding hydrogens is 236 g/mol. The van der Waals surface area contributed by atoms with Crippen molar-refractivity contribution < 1.29 is 9.53 Å². The lowest BCUT2D eigenvalue weighted by molar-refractivity contribution is -0.138. The number of rotatable bonds is 13. The Balaban J connectivity index is 3.06. The van der Waals surface area contributed by atoms with Gasteiger partial charge in [0.1, 0.15) is 0 Å². The third-order valence-electron chi connectivity index (χ3n) is 3.38. The van der Waals surface area contributed by atoms with E-state index in [2.05, 4.69) is 25.2 Å². The molecule has 0 amide bonds. The average Bonchev–Trinajstić information content (AvgIpc) is 2.36. The van der Waals surface area contributed by atoms with E-state index in [4.69, 9.17) is 0 Å². The van der Waals surface area contributed by atoms with Crippen LogP contribution in [-0.2, 0) is 9.53 Å². The summed E-state index contributed by atoms with van der Waals surface area (Å²) in [7, 11) is 0. The van der Waals surface area contributed by atoms with Crippen molar-refractivity contribution >= 4 is 5.97 Å². The Morgan fingerprint density at radius 3 is 1.89 bits per heavy atom. The second kappa shape index (κ2) is 13.6. The summed E-state index contributed by atoms with van der Waals surface area (Å²) in [6.45, 7) is 7.96. The minimum Gasteiger partial charge on any atom is -0.435 e. The van der Waals surface area contributed by atoms with Gasteiger partial charge in [0, 0.05) is 6.42 Å². The van der Waals surface area contributed by atoms with Gasteiger partial charge < -0.3 is 4.74 Å². The Hall–Kier alpha value is -0.790. The topological polar surface area (TPSA) is 26.3 Å². The van der Waals surface area contributed by atoms with E-state index >= 15 is 0 Å². The van der Waals surface area contributed by atoms with Crippen LogP contribution in [0.15, 0.2) is 12.8 Å². The van der Waals surface area contributed by atoms with Crippen molar-refractivity contribution in [1.29, 1.82) is 0 Å². The SMILES string of the molecule is C=COC(=O)CCCCCCCCCCCC(C)C. The second-order valence-corrected chi connectivity index (χ2v) is 5.77. The van der Waals surface area contributed by atoms with Crippen LogP contribution in [0.5, 0.6) is 0 Å². The number of esters is 1. The van der Waals surface area contributed by atoms with Crippen LogP contribution in [0.25, 0.3) is 0 Å². The zero-order valence-corrected chi connectivity index (χ0v) is 13.0. The molecule has 0 unspecified atom stereocenters. The summed E-state index contributed by atoms with van der Waals surface area (Å²) < 4.78 is 4.67. The predicted molar refractivity (Wildman–Crippen MR) is 81.9 cm³/mol. The maximum Gasteiger partial charge on any atom is 0.310 e. The molecule has 19 heavy (non-hydrogen) atoms. The number of ether oxygens (including phenoxy) is 1. The molecule has 0 aliphatic rings. The molecule has 2 heteroatoms. The third-order valence-corrected chi connectivity index (χ3v) is 3.38. The van der Waals surface area contributed by atoms with Gasteiger partial charge in [-0.2, -0.15) is 0 Å². The highest BCUT2D eigenvalue weighted by atomic mass is 16.5. The van der Waals surface area contributed by atoms with E-state index in [9.17, 15) is 4.79 Å². The minimum atomic E-state index is -0.153. The van der Waals surface area contributed by atoms with Crippen molar-refractivity contribution in [3.05, 3.63) is 12.8 Å².